The summed E-state index contributed by atoms with van der Waals surface area (Å²) >= 11 is 1.87. The smallest absolute Gasteiger partial charge is 0.0569 e. The van der Waals surface area contributed by atoms with Gasteiger partial charge in [-0.2, -0.15) is 0 Å². The third-order valence-corrected chi connectivity index (χ3v) is 3.77. The molecule has 0 saturated carbocycles. The molecule has 0 radical (unpaired) electrons. The molecule has 1 heterocycles. The zero-order valence-electron chi connectivity index (χ0n) is 9.73. The van der Waals surface area contributed by atoms with E-state index in [-0.39, 0.29) is 6.04 Å². The van der Waals surface area contributed by atoms with Crippen LogP contribution in [-0.4, -0.2) is 10.7 Å². The fraction of sp³-hybridized carbons (Fsp3) is 0.583. The summed E-state index contributed by atoms with van der Waals surface area (Å²) in [7, 11) is 0. The highest BCUT2D eigenvalue weighted by molar-refractivity contribution is 7.99. The van der Waals surface area contributed by atoms with E-state index in [9.17, 15) is 0 Å². The Morgan fingerprint density at radius 3 is 2.60 bits per heavy atom. The lowest BCUT2D eigenvalue weighted by atomic mass is 10.2. The van der Waals surface area contributed by atoms with Crippen molar-refractivity contribution in [3.63, 3.8) is 0 Å². The molecular formula is C12H20N2S. The summed E-state index contributed by atoms with van der Waals surface area (Å²) in [6.45, 7) is 6.45. The molecule has 0 aliphatic rings. The van der Waals surface area contributed by atoms with Crippen molar-refractivity contribution < 1.29 is 0 Å². The SMILES string of the molecule is CCC(C)CSc1ccc([C@H](C)N)nc1. The van der Waals surface area contributed by atoms with Crippen molar-refractivity contribution in [3.8, 4) is 0 Å². The van der Waals surface area contributed by atoms with Gasteiger partial charge in [-0.25, -0.2) is 0 Å². The van der Waals surface area contributed by atoms with Crippen LogP contribution in [0.25, 0.3) is 0 Å². The Hall–Kier alpha value is -0.540. The second-order valence-electron chi connectivity index (χ2n) is 4.03. The van der Waals surface area contributed by atoms with Crippen LogP contribution >= 0.6 is 11.8 Å². The minimum atomic E-state index is 0.0265. The molecule has 1 unspecified atom stereocenters. The fourth-order valence-corrected chi connectivity index (χ4v) is 2.11. The lowest BCUT2D eigenvalue weighted by molar-refractivity contribution is 0.637. The number of nitrogens with two attached hydrogens (primary N) is 1. The van der Waals surface area contributed by atoms with E-state index >= 15 is 0 Å². The van der Waals surface area contributed by atoms with Gasteiger partial charge in [0.05, 0.1) is 5.69 Å². The summed E-state index contributed by atoms with van der Waals surface area (Å²) in [6.07, 6.45) is 3.16. The zero-order chi connectivity index (χ0) is 11.3. The van der Waals surface area contributed by atoms with Crippen molar-refractivity contribution in [1.82, 2.24) is 4.98 Å². The van der Waals surface area contributed by atoms with Gasteiger partial charge in [-0.15, -0.1) is 11.8 Å². The largest absolute Gasteiger partial charge is 0.323 e. The van der Waals surface area contributed by atoms with Crippen LogP contribution in [0, 0.1) is 5.92 Å². The quantitative estimate of drug-likeness (QED) is 0.780. The summed E-state index contributed by atoms with van der Waals surface area (Å²) in [5.41, 5.74) is 6.70. The molecule has 2 atom stereocenters. The third-order valence-electron chi connectivity index (χ3n) is 2.46. The summed E-state index contributed by atoms with van der Waals surface area (Å²) in [6, 6.07) is 4.15. The van der Waals surface area contributed by atoms with Gasteiger partial charge in [0, 0.05) is 22.9 Å². The molecule has 1 rings (SSSR count). The van der Waals surface area contributed by atoms with Crippen LogP contribution in [0.1, 0.15) is 38.9 Å². The molecule has 3 heteroatoms. The number of pyridine rings is 1. The molecule has 2 nitrogen and oxygen atoms in total. The molecule has 0 saturated heterocycles. The van der Waals surface area contributed by atoms with E-state index < -0.39 is 0 Å². The summed E-state index contributed by atoms with van der Waals surface area (Å²) in [5.74, 6) is 1.93. The van der Waals surface area contributed by atoms with Gasteiger partial charge in [-0.3, -0.25) is 4.98 Å². The fourth-order valence-electron chi connectivity index (χ4n) is 1.10. The van der Waals surface area contributed by atoms with Gasteiger partial charge in [0.15, 0.2) is 0 Å². The maximum absolute atomic E-state index is 5.74. The second kappa shape index (κ2) is 6.13. The number of rotatable bonds is 5. The first-order chi connectivity index (χ1) is 7.13. The van der Waals surface area contributed by atoms with Crippen molar-refractivity contribution in [2.75, 3.05) is 5.75 Å². The predicted molar refractivity (Wildman–Crippen MR) is 67.0 cm³/mol. The lowest BCUT2D eigenvalue weighted by Crippen LogP contribution is -2.06. The predicted octanol–water partition coefficient (Wildman–Crippen LogP) is 3.24. The average Bonchev–Trinajstić information content (AvgIpc) is 2.26. The van der Waals surface area contributed by atoms with Gasteiger partial charge in [0.2, 0.25) is 0 Å². The Morgan fingerprint density at radius 2 is 2.13 bits per heavy atom. The highest BCUT2D eigenvalue weighted by Crippen LogP contribution is 2.21. The monoisotopic (exact) mass is 224 g/mol. The van der Waals surface area contributed by atoms with Gasteiger partial charge in [-0.1, -0.05) is 20.3 Å². The molecule has 0 amide bonds. The normalized spacial score (nSPS) is 14.9. The van der Waals surface area contributed by atoms with E-state index in [0.717, 1.165) is 17.4 Å². The Labute approximate surface area is 96.7 Å². The molecule has 1 aromatic rings. The Morgan fingerprint density at radius 1 is 1.40 bits per heavy atom. The Kier molecular flexibility index (Phi) is 5.12. The van der Waals surface area contributed by atoms with Crippen molar-refractivity contribution in [3.05, 3.63) is 24.0 Å². The topological polar surface area (TPSA) is 38.9 Å². The highest BCUT2D eigenvalue weighted by Gasteiger charge is 2.03. The number of nitrogens with zero attached hydrogens (tertiary/aromatic N) is 1. The zero-order valence-corrected chi connectivity index (χ0v) is 10.6. The van der Waals surface area contributed by atoms with Crippen molar-refractivity contribution in [2.24, 2.45) is 11.7 Å². The summed E-state index contributed by atoms with van der Waals surface area (Å²) < 4.78 is 0. The van der Waals surface area contributed by atoms with Crippen LogP contribution in [0.5, 0.6) is 0 Å². The maximum atomic E-state index is 5.74. The first-order valence-corrected chi connectivity index (χ1v) is 6.46. The molecule has 0 aliphatic carbocycles. The van der Waals surface area contributed by atoms with Crippen LogP contribution < -0.4 is 5.73 Å². The van der Waals surface area contributed by atoms with Crippen LogP contribution in [0.15, 0.2) is 23.2 Å². The first-order valence-electron chi connectivity index (χ1n) is 5.47. The highest BCUT2D eigenvalue weighted by atomic mass is 32.2. The van der Waals surface area contributed by atoms with Crippen LogP contribution in [-0.2, 0) is 0 Å². The van der Waals surface area contributed by atoms with E-state index in [0.29, 0.717) is 0 Å². The van der Waals surface area contributed by atoms with Gasteiger partial charge in [0.1, 0.15) is 0 Å². The van der Waals surface area contributed by atoms with Gasteiger partial charge in [0.25, 0.3) is 0 Å². The molecule has 0 fully saturated rings. The summed E-state index contributed by atoms with van der Waals surface area (Å²) in [4.78, 5) is 5.57. The second-order valence-corrected chi connectivity index (χ2v) is 5.13. The van der Waals surface area contributed by atoms with Gasteiger partial charge in [-0.05, 0) is 25.0 Å². The standard InChI is InChI=1S/C12H20N2S/c1-4-9(2)8-15-11-5-6-12(10(3)13)14-7-11/h5-7,9-10H,4,8,13H2,1-3H3/t9?,10-/m0/s1. The van der Waals surface area contributed by atoms with E-state index in [2.05, 4.69) is 24.9 Å². The minimum absolute atomic E-state index is 0.0265. The lowest BCUT2D eigenvalue weighted by Gasteiger charge is -2.08. The molecule has 0 aliphatic heterocycles. The van der Waals surface area contributed by atoms with Gasteiger partial charge < -0.3 is 5.73 Å². The minimum Gasteiger partial charge on any atom is -0.323 e. The van der Waals surface area contributed by atoms with Crippen LogP contribution in [0.4, 0.5) is 0 Å². The van der Waals surface area contributed by atoms with Crippen molar-refractivity contribution >= 4 is 11.8 Å². The van der Waals surface area contributed by atoms with E-state index in [1.807, 2.05) is 30.9 Å². The first kappa shape index (κ1) is 12.5. The number of hydrogen-bond donors (Lipinski definition) is 1. The van der Waals surface area contributed by atoms with Crippen LogP contribution in [0.2, 0.25) is 0 Å². The molecule has 2 N–H and O–H groups in total. The van der Waals surface area contributed by atoms with E-state index in [1.165, 1.54) is 11.3 Å². The van der Waals surface area contributed by atoms with Crippen molar-refractivity contribution in [2.45, 2.75) is 38.1 Å². The molecule has 0 spiro atoms. The summed E-state index contributed by atoms with van der Waals surface area (Å²) in [5, 5.41) is 0. The van der Waals surface area contributed by atoms with E-state index in [4.69, 9.17) is 5.73 Å². The molecular weight excluding hydrogens is 204 g/mol. The maximum Gasteiger partial charge on any atom is 0.0569 e. The number of thioether (sulfide) groups is 1. The van der Waals surface area contributed by atoms with E-state index in [1.54, 1.807) is 0 Å². The molecule has 84 valence electrons. The molecule has 15 heavy (non-hydrogen) atoms. The third kappa shape index (κ3) is 4.22. The molecule has 0 bridgehead atoms. The molecule has 0 aromatic carbocycles. The number of hydrogen-bond acceptors (Lipinski definition) is 3. The van der Waals surface area contributed by atoms with Gasteiger partial charge >= 0.3 is 0 Å². The Bertz CT molecular complexity index is 282. The van der Waals surface area contributed by atoms with Crippen molar-refractivity contribution in [1.29, 1.82) is 0 Å². The molecule has 1 aromatic heterocycles. The average molecular weight is 224 g/mol. The Balaban J connectivity index is 2.50. The number of aromatic nitrogens is 1. The van der Waals surface area contributed by atoms with Crippen LogP contribution in [0.3, 0.4) is 0 Å².